The minimum absolute atomic E-state index is 0.0761. The number of hydrogen-bond acceptors (Lipinski definition) is 5. The number of hydrogen-bond donors (Lipinski definition) is 4. The van der Waals surface area contributed by atoms with Gasteiger partial charge in [-0.05, 0) is 80.6 Å². The second-order valence-electron chi connectivity index (χ2n) is 9.70. The SMILES string of the molecule is CCCNC[C@H](O)[C@@H](O)[C@H](Cc1cc(F)cc(F)c1)NC(=O)c1cc(C)cc(C(=O)N(CCC)CCC)c1. The van der Waals surface area contributed by atoms with Crippen LogP contribution in [0.15, 0.2) is 36.4 Å². The van der Waals surface area contributed by atoms with Crippen LogP contribution in [0.2, 0.25) is 0 Å². The Morgan fingerprint density at radius 2 is 1.50 bits per heavy atom. The van der Waals surface area contributed by atoms with Gasteiger partial charge in [0.2, 0.25) is 0 Å². The fraction of sp³-hybridized carbons (Fsp3) is 0.517. The number of carbonyl (C=O) groups excluding carboxylic acids is 2. The summed E-state index contributed by atoms with van der Waals surface area (Å²) in [7, 11) is 0. The smallest absolute Gasteiger partial charge is 0.253 e. The van der Waals surface area contributed by atoms with E-state index in [1.54, 1.807) is 24.0 Å². The van der Waals surface area contributed by atoms with Crippen molar-refractivity contribution in [2.45, 2.75) is 71.6 Å². The Hall–Kier alpha value is -2.88. The van der Waals surface area contributed by atoms with Gasteiger partial charge in [0.15, 0.2) is 0 Å². The Labute approximate surface area is 224 Å². The lowest BCUT2D eigenvalue weighted by molar-refractivity contribution is -0.00214. The average molecular weight is 534 g/mol. The van der Waals surface area contributed by atoms with Crippen molar-refractivity contribution in [3.63, 3.8) is 0 Å². The van der Waals surface area contributed by atoms with E-state index in [2.05, 4.69) is 10.6 Å². The molecule has 0 fully saturated rings. The lowest BCUT2D eigenvalue weighted by atomic mass is 9.96. The summed E-state index contributed by atoms with van der Waals surface area (Å²) in [4.78, 5) is 28.2. The van der Waals surface area contributed by atoms with Crippen molar-refractivity contribution < 1.29 is 28.6 Å². The van der Waals surface area contributed by atoms with Crippen LogP contribution in [0.5, 0.6) is 0 Å². The maximum atomic E-state index is 13.8. The molecular weight excluding hydrogens is 492 g/mol. The van der Waals surface area contributed by atoms with E-state index in [9.17, 15) is 28.6 Å². The monoisotopic (exact) mass is 533 g/mol. The zero-order valence-electron chi connectivity index (χ0n) is 22.8. The number of benzene rings is 2. The van der Waals surface area contributed by atoms with Crippen molar-refractivity contribution in [2.24, 2.45) is 0 Å². The highest BCUT2D eigenvalue weighted by atomic mass is 19.1. The van der Waals surface area contributed by atoms with Crippen LogP contribution < -0.4 is 10.6 Å². The molecule has 0 radical (unpaired) electrons. The van der Waals surface area contributed by atoms with E-state index < -0.39 is 35.8 Å². The Bertz CT molecular complexity index is 1040. The molecule has 2 rings (SSSR count). The zero-order valence-corrected chi connectivity index (χ0v) is 22.8. The van der Waals surface area contributed by atoms with Gasteiger partial charge in [-0.15, -0.1) is 0 Å². The molecule has 0 unspecified atom stereocenters. The average Bonchev–Trinajstić information content (AvgIpc) is 2.86. The topological polar surface area (TPSA) is 102 Å². The first-order chi connectivity index (χ1) is 18.1. The van der Waals surface area contributed by atoms with Gasteiger partial charge in [0.1, 0.15) is 17.7 Å². The minimum atomic E-state index is -1.43. The lowest BCUT2D eigenvalue weighted by Gasteiger charge is -2.28. The van der Waals surface area contributed by atoms with Crippen LogP contribution in [0.1, 0.15) is 71.9 Å². The summed E-state index contributed by atoms with van der Waals surface area (Å²) in [6, 6.07) is 6.78. The fourth-order valence-corrected chi connectivity index (χ4v) is 4.38. The van der Waals surface area contributed by atoms with Gasteiger partial charge in [-0.25, -0.2) is 8.78 Å². The highest BCUT2D eigenvalue weighted by Crippen LogP contribution is 2.17. The highest BCUT2D eigenvalue weighted by Gasteiger charge is 2.29. The van der Waals surface area contributed by atoms with Crippen molar-refractivity contribution in [1.29, 1.82) is 0 Å². The molecule has 2 aromatic rings. The summed E-state index contributed by atoms with van der Waals surface area (Å²) in [6.07, 6.45) is -0.346. The number of aliphatic hydroxyl groups is 2. The Morgan fingerprint density at radius 1 is 0.895 bits per heavy atom. The first-order valence-electron chi connectivity index (χ1n) is 13.3. The largest absolute Gasteiger partial charge is 0.389 e. The summed E-state index contributed by atoms with van der Waals surface area (Å²) in [6.45, 7) is 9.63. The number of halogens is 2. The van der Waals surface area contributed by atoms with E-state index in [0.717, 1.165) is 37.5 Å². The molecule has 3 atom stereocenters. The van der Waals surface area contributed by atoms with Crippen molar-refractivity contribution in [1.82, 2.24) is 15.5 Å². The summed E-state index contributed by atoms with van der Waals surface area (Å²) >= 11 is 0. The zero-order chi connectivity index (χ0) is 28.2. The van der Waals surface area contributed by atoms with Crippen LogP contribution in [0.3, 0.4) is 0 Å². The molecular formula is C29H41F2N3O4. The molecule has 0 aliphatic heterocycles. The number of carbonyl (C=O) groups is 2. The predicted molar refractivity (Wildman–Crippen MR) is 144 cm³/mol. The number of rotatable bonds is 15. The highest BCUT2D eigenvalue weighted by molar-refractivity contribution is 6.00. The number of amides is 2. The van der Waals surface area contributed by atoms with Crippen molar-refractivity contribution in [2.75, 3.05) is 26.2 Å². The van der Waals surface area contributed by atoms with Crippen LogP contribution in [-0.2, 0) is 6.42 Å². The van der Waals surface area contributed by atoms with E-state index in [1.165, 1.54) is 6.07 Å². The molecule has 9 heteroatoms. The van der Waals surface area contributed by atoms with E-state index in [4.69, 9.17) is 0 Å². The fourth-order valence-electron chi connectivity index (χ4n) is 4.38. The molecule has 0 aromatic heterocycles. The van der Waals surface area contributed by atoms with Crippen LogP contribution in [0, 0.1) is 18.6 Å². The maximum absolute atomic E-state index is 13.8. The molecule has 0 saturated heterocycles. The van der Waals surface area contributed by atoms with Crippen LogP contribution in [0.4, 0.5) is 8.78 Å². The predicted octanol–water partition coefficient (Wildman–Crippen LogP) is 3.60. The first kappa shape index (κ1) is 31.3. The van der Waals surface area contributed by atoms with Crippen LogP contribution >= 0.6 is 0 Å². The number of nitrogens with zero attached hydrogens (tertiary/aromatic N) is 1. The molecule has 0 heterocycles. The van der Waals surface area contributed by atoms with Crippen molar-refractivity contribution in [3.05, 3.63) is 70.3 Å². The van der Waals surface area contributed by atoms with Gasteiger partial charge in [0.25, 0.3) is 11.8 Å². The van der Waals surface area contributed by atoms with E-state index >= 15 is 0 Å². The standard InChI is InChI=1S/C29H41F2N3O4/c1-5-8-32-18-26(35)27(36)25(15-20-13-23(30)17-24(31)14-20)33-28(37)21-11-19(4)12-22(16-21)29(38)34(9-6-2)10-7-3/h11-14,16-17,25-27,32,35-36H,5-10,15,18H2,1-4H3,(H,33,37)/t25-,26-,27-/m0/s1. The summed E-state index contributed by atoms with van der Waals surface area (Å²) in [5.41, 5.74) is 1.52. The second kappa shape index (κ2) is 15.5. The van der Waals surface area contributed by atoms with Crippen LogP contribution in [-0.4, -0.2) is 71.4 Å². The molecule has 0 aliphatic rings. The molecule has 38 heavy (non-hydrogen) atoms. The number of aryl methyl sites for hydroxylation is 1. The normalized spacial score (nSPS) is 13.6. The molecule has 0 aliphatic carbocycles. The second-order valence-corrected chi connectivity index (χ2v) is 9.70. The van der Waals surface area contributed by atoms with E-state index in [-0.39, 0.29) is 30.0 Å². The van der Waals surface area contributed by atoms with Crippen molar-refractivity contribution in [3.8, 4) is 0 Å². The van der Waals surface area contributed by atoms with Gasteiger partial charge >= 0.3 is 0 Å². The molecule has 7 nitrogen and oxygen atoms in total. The molecule has 4 N–H and O–H groups in total. The first-order valence-corrected chi connectivity index (χ1v) is 13.3. The van der Waals surface area contributed by atoms with Crippen LogP contribution in [0.25, 0.3) is 0 Å². The summed E-state index contributed by atoms with van der Waals surface area (Å²) in [5, 5.41) is 27.2. The lowest BCUT2D eigenvalue weighted by Crippen LogP contribution is -2.52. The van der Waals surface area contributed by atoms with Gasteiger partial charge in [-0.3, -0.25) is 9.59 Å². The minimum Gasteiger partial charge on any atom is -0.389 e. The van der Waals surface area contributed by atoms with E-state index in [0.29, 0.717) is 30.8 Å². The molecule has 0 saturated carbocycles. The molecule has 2 aromatic carbocycles. The van der Waals surface area contributed by atoms with Gasteiger partial charge < -0.3 is 25.7 Å². The van der Waals surface area contributed by atoms with Gasteiger partial charge in [0.05, 0.1) is 12.1 Å². The Morgan fingerprint density at radius 3 is 2.08 bits per heavy atom. The Kier molecular flexibility index (Phi) is 12.8. The maximum Gasteiger partial charge on any atom is 0.253 e. The summed E-state index contributed by atoms with van der Waals surface area (Å²) in [5.74, 6) is -2.31. The summed E-state index contributed by atoms with van der Waals surface area (Å²) < 4.78 is 27.7. The van der Waals surface area contributed by atoms with Gasteiger partial charge in [-0.1, -0.05) is 20.8 Å². The van der Waals surface area contributed by atoms with Gasteiger partial charge in [-0.2, -0.15) is 0 Å². The third-order valence-electron chi connectivity index (χ3n) is 6.14. The van der Waals surface area contributed by atoms with Gasteiger partial charge in [0, 0.05) is 36.8 Å². The quantitative estimate of drug-likeness (QED) is 0.262. The molecule has 210 valence electrons. The number of aliphatic hydroxyl groups excluding tert-OH is 2. The molecule has 2 amide bonds. The third-order valence-corrected chi connectivity index (χ3v) is 6.14. The van der Waals surface area contributed by atoms with Crippen molar-refractivity contribution >= 4 is 11.8 Å². The van der Waals surface area contributed by atoms with E-state index in [1.807, 2.05) is 20.8 Å². The Balaban J connectivity index is 2.33. The number of nitrogens with one attached hydrogen (secondary N) is 2. The third kappa shape index (κ3) is 9.45. The molecule has 0 spiro atoms. The molecule has 0 bridgehead atoms.